The van der Waals surface area contributed by atoms with Gasteiger partial charge in [-0.05, 0) is 29.7 Å². The second-order valence-corrected chi connectivity index (χ2v) is 8.46. The van der Waals surface area contributed by atoms with Gasteiger partial charge in [0.15, 0.2) is 0 Å². The summed E-state index contributed by atoms with van der Waals surface area (Å²) < 4.78 is 5.14. The van der Waals surface area contributed by atoms with Gasteiger partial charge in [0.05, 0.1) is 13.7 Å². The van der Waals surface area contributed by atoms with E-state index in [-0.39, 0.29) is 24.8 Å². The average Bonchev–Trinajstić information content (AvgIpc) is 3.11. The molecule has 8 nitrogen and oxygen atoms in total. The monoisotopic (exact) mass is 450 g/mol. The molecule has 2 aromatic carbocycles. The zero-order valence-corrected chi connectivity index (χ0v) is 18.9. The van der Waals surface area contributed by atoms with Crippen LogP contribution < -0.4 is 10.1 Å². The van der Waals surface area contributed by atoms with E-state index in [1.807, 2.05) is 35.2 Å². The Morgan fingerprint density at radius 2 is 1.61 bits per heavy atom. The lowest BCUT2D eigenvalue weighted by atomic mass is 10.1. The molecule has 2 heterocycles. The van der Waals surface area contributed by atoms with Gasteiger partial charge in [0.1, 0.15) is 11.8 Å². The Morgan fingerprint density at radius 1 is 0.939 bits per heavy atom. The molecule has 0 aromatic heterocycles. The minimum Gasteiger partial charge on any atom is -0.497 e. The molecule has 4 rings (SSSR count). The first-order valence-corrected chi connectivity index (χ1v) is 11.3. The summed E-state index contributed by atoms with van der Waals surface area (Å²) in [7, 11) is 1.59. The lowest BCUT2D eigenvalue weighted by Crippen LogP contribution is -2.48. The van der Waals surface area contributed by atoms with Crippen LogP contribution in [0.3, 0.4) is 0 Å². The Labute approximate surface area is 194 Å². The molecule has 0 spiro atoms. The first kappa shape index (κ1) is 22.8. The van der Waals surface area contributed by atoms with E-state index in [4.69, 9.17) is 4.74 Å². The van der Waals surface area contributed by atoms with Gasteiger partial charge in [0, 0.05) is 39.1 Å². The second kappa shape index (κ2) is 10.5. The smallest absolute Gasteiger partial charge is 0.325 e. The summed E-state index contributed by atoms with van der Waals surface area (Å²) in [4.78, 5) is 43.2. The first-order valence-electron chi connectivity index (χ1n) is 11.3. The second-order valence-electron chi connectivity index (χ2n) is 8.46. The summed E-state index contributed by atoms with van der Waals surface area (Å²) >= 11 is 0. The summed E-state index contributed by atoms with van der Waals surface area (Å²) in [6.07, 6.45) is 0.554. The van der Waals surface area contributed by atoms with Crippen LogP contribution in [0.2, 0.25) is 0 Å². The van der Waals surface area contributed by atoms with Crippen molar-refractivity contribution in [2.75, 3.05) is 33.3 Å². The molecule has 2 fully saturated rings. The van der Waals surface area contributed by atoms with E-state index in [9.17, 15) is 14.4 Å². The topological polar surface area (TPSA) is 82.2 Å². The van der Waals surface area contributed by atoms with Crippen molar-refractivity contribution < 1.29 is 19.1 Å². The number of ether oxygens (including phenoxy) is 1. The predicted octanol–water partition coefficient (Wildman–Crippen LogP) is 2.24. The van der Waals surface area contributed by atoms with Crippen LogP contribution in [0.4, 0.5) is 4.79 Å². The molecule has 0 saturated carbocycles. The lowest BCUT2D eigenvalue weighted by Gasteiger charge is -2.35. The van der Waals surface area contributed by atoms with E-state index in [2.05, 4.69) is 22.3 Å². The van der Waals surface area contributed by atoms with Crippen molar-refractivity contribution in [2.24, 2.45) is 0 Å². The number of benzene rings is 2. The Balaban J connectivity index is 1.22. The van der Waals surface area contributed by atoms with Gasteiger partial charge in [0.2, 0.25) is 5.91 Å². The number of piperazine rings is 1. The van der Waals surface area contributed by atoms with Crippen molar-refractivity contribution in [3.8, 4) is 5.75 Å². The van der Waals surface area contributed by atoms with Crippen molar-refractivity contribution in [1.29, 1.82) is 0 Å². The number of hydrogen-bond acceptors (Lipinski definition) is 5. The third-order valence-corrected chi connectivity index (χ3v) is 6.23. The maximum atomic E-state index is 12.7. The number of imide groups is 1. The minimum absolute atomic E-state index is 0.0324. The van der Waals surface area contributed by atoms with Crippen LogP contribution in [0.15, 0.2) is 54.6 Å². The van der Waals surface area contributed by atoms with Crippen LogP contribution in [0.5, 0.6) is 5.75 Å². The molecular weight excluding hydrogens is 420 g/mol. The molecule has 174 valence electrons. The number of methoxy groups -OCH3 is 1. The van der Waals surface area contributed by atoms with Crippen LogP contribution >= 0.6 is 0 Å². The minimum atomic E-state index is -0.654. The molecule has 0 radical (unpaired) electrons. The maximum Gasteiger partial charge on any atom is 0.325 e. The summed E-state index contributed by atoms with van der Waals surface area (Å²) in [5, 5.41) is 2.72. The molecule has 0 bridgehead atoms. The quantitative estimate of drug-likeness (QED) is 0.624. The molecule has 4 amide bonds. The number of nitrogens with zero attached hydrogens (tertiary/aromatic N) is 3. The Morgan fingerprint density at radius 3 is 2.27 bits per heavy atom. The van der Waals surface area contributed by atoms with Crippen molar-refractivity contribution in [3.63, 3.8) is 0 Å². The largest absolute Gasteiger partial charge is 0.497 e. The fourth-order valence-corrected chi connectivity index (χ4v) is 4.26. The fraction of sp³-hybridized carbons (Fsp3) is 0.400. The van der Waals surface area contributed by atoms with Gasteiger partial charge in [0.25, 0.3) is 5.91 Å². The molecule has 2 aliphatic heterocycles. The highest BCUT2D eigenvalue weighted by atomic mass is 16.5. The summed E-state index contributed by atoms with van der Waals surface area (Å²) in [5.41, 5.74) is 2.11. The normalized spacial score (nSPS) is 19.0. The third kappa shape index (κ3) is 5.70. The van der Waals surface area contributed by atoms with Crippen molar-refractivity contribution in [3.05, 3.63) is 65.7 Å². The molecule has 8 heteroatoms. The molecule has 0 aliphatic carbocycles. The first-order chi connectivity index (χ1) is 16.0. The Bertz CT molecular complexity index is 972. The summed E-state index contributed by atoms with van der Waals surface area (Å²) in [6.45, 7) is 4.10. The van der Waals surface area contributed by atoms with E-state index in [0.717, 1.165) is 25.2 Å². The zero-order chi connectivity index (χ0) is 23.2. The van der Waals surface area contributed by atoms with Crippen LogP contribution in [0, 0.1) is 0 Å². The fourth-order valence-electron chi connectivity index (χ4n) is 4.26. The Hall–Kier alpha value is -3.39. The molecule has 33 heavy (non-hydrogen) atoms. The van der Waals surface area contributed by atoms with Gasteiger partial charge in [-0.2, -0.15) is 0 Å². The van der Waals surface area contributed by atoms with E-state index >= 15 is 0 Å². The molecule has 2 aromatic rings. The van der Waals surface area contributed by atoms with Crippen molar-refractivity contribution in [1.82, 2.24) is 20.0 Å². The molecule has 2 saturated heterocycles. The third-order valence-electron chi connectivity index (χ3n) is 6.23. The van der Waals surface area contributed by atoms with Crippen molar-refractivity contribution in [2.45, 2.75) is 32.0 Å². The number of urea groups is 1. The summed E-state index contributed by atoms with van der Waals surface area (Å²) in [6, 6.07) is 16.5. The van der Waals surface area contributed by atoms with Gasteiger partial charge >= 0.3 is 6.03 Å². The number of nitrogens with one attached hydrogen (secondary N) is 1. The van der Waals surface area contributed by atoms with Gasteiger partial charge in [-0.3, -0.25) is 19.4 Å². The van der Waals surface area contributed by atoms with E-state index in [0.29, 0.717) is 25.3 Å². The standard InChI is InChI=1S/C25H30N4O4/c1-33-21-9-7-20(8-10-21)18-29-24(31)22(26-25(29)32)11-12-23(30)28-15-13-27(14-16-28)17-19-5-3-2-4-6-19/h2-10,22H,11-18H2,1H3,(H,26,32)/t22-/m0/s1. The van der Waals surface area contributed by atoms with Crippen LogP contribution in [0.25, 0.3) is 0 Å². The predicted molar refractivity (Wildman–Crippen MR) is 123 cm³/mol. The zero-order valence-electron chi connectivity index (χ0n) is 18.9. The van der Waals surface area contributed by atoms with E-state index in [1.54, 1.807) is 19.2 Å². The maximum absolute atomic E-state index is 12.7. The molecular formula is C25H30N4O4. The van der Waals surface area contributed by atoms with Crippen molar-refractivity contribution >= 4 is 17.8 Å². The highest BCUT2D eigenvalue weighted by Gasteiger charge is 2.38. The van der Waals surface area contributed by atoms with Gasteiger partial charge in [-0.25, -0.2) is 4.79 Å². The molecule has 2 aliphatic rings. The van der Waals surface area contributed by atoms with E-state index in [1.165, 1.54) is 10.5 Å². The highest BCUT2D eigenvalue weighted by molar-refractivity contribution is 6.04. The van der Waals surface area contributed by atoms with Gasteiger partial charge in [-0.1, -0.05) is 42.5 Å². The number of carbonyl (C=O) groups excluding carboxylic acids is 3. The van der Waals surface area contributed by atoms with Crippen LogP contribution in [-0.4, -0.2) is 71.9 Å². The molecule has 1 atom stereocenters. The molecule has 1 N–H and O–H groups in total. The number of hydrogen-bond donors (Lipinski definition) is 1. The summed E-state index contributed by atoms with van der Waals surface area (Å²) in [5.74, 6) is 0.467. The van der Waals surface area contributed by atoms with Gasteiger partial charge in [-0.15, -0.1) is 0 Å². The molecule has 0 unspecified atom stereocenters. The lowest BCUT2D eigenvalue weighted by molar-refractivity contribution is -0.133. The average molecular weight is 451 g/mol. The number of rotatable bonds is 8. The van der Waals surface area contributed by atoms with Gasteiger partial charge < -0.3 is 15.0 Å². The Kier molecular flexibility index (Phi) is 7.24. The number of amides is 4. The van der Waals surface area contributed by atoms with Crippen LogP contribution in [-0.2, 0) is 22.7 Å². The number of carbonyl (C=O) groups is 3. The van der Waals surface area contributed by atoms with Crippen LogP contribution in [0.1, 0.15) is 24.0 Å². The highest BCUT2D eigenvalue weighted by Crippen LogP contribution is 2.18. The SMILES string of the molecule is COc1ccc(CN2C(=O)N[C@@H](CCC(=O)N3CCN(Cc4ccccc4)CC3)C2=O)cc1. The van der Waals surface area contributed by atoms with E-state index < -0.39 is 12.1 Å².